The van der Waals surface area contributed by atoms with E-state index in [0.29, 0.717) is 0 Å². The van der Waals surface area contributed by atoms with Gasteiger partial charge in [-0.05, 0) is 6.07 Å². The summed E-state index contributed by atoms with van der Waals surface area (Å²) in [6, 6.07) is 3.86. The Morgan fingerprint density at radius 3 is 2.75 bits per heavy atom. The summed E-state index contributed by atoms with van der Waals surface area (Å²) >= 11 is 11.8. The van der Waals surface area contributed by atoms with E-state index in [1.165, 1.54) is 25.4 Å². The fraction of sp³-hybridized carbons (Fsp3) is 0.154. The highest BCUT2D eigenvalue weighted by Gasteiger charge is 2.19. The number of nitrogens with one attached hydrogen (secondary N) is 1. The van der Waals surface area contributed by atoms with Crippen LogP contribution in [0.1, 0.15) is 0 Å². The Balaban J connectivity index is 2.21. The number of nitro benzene ring substituents is 1. The molecular formula is C13H10Cl2N4O5. The average Bonchev–Trinajstić information content (AvgIpc) is 2.52. The maximum Gasteiger partial charge on any atom is 0.289 e. The molecule has 0 saturated heterocycles. The van der Waals surface area contributed by atoms with Crippen molar-refractivity contribution in [3.8, 4) is 11.6 Å². The van der Waals surface area contributed by atoms with Crippen molar-refractivity contribution in [2.75, 3.05) is 19.0 Å². The van der Waals surface area contributed by atoms with Gasteiger partial charge >= 0.3 is 0 Å². The highest BCUT2D eigenvalue weighted by atomic mass is 35.5. The minimum Gasteiger partial charge on any atom is -0.437 e. The van der Waals surface area contributed by atoms with Crippen molar-refractivity contribution in [2.24, 2.45) is 0 Å². The predicted octanol–water partition coefficient (Wildman–Crippen LogP) is 3.07. The maximum absolute atomic E-state index is 11.4. The van der Waals surface area contributed by atoms with Crippen molar-refractivity contribution in [1.82, 2.24) is 9.97 Å². The maximum atomic E-state index is 11.4. The van der Waals surface area contributed by atoms with Crippen molar-refractivity contribution in [1.29, 1.82) is 0 Å². The van der Waals surface area contributed by atoms with Gasteiger partial charge in [-0.3, -0.25) is 20.2 Å². The lowest BCUT2D eigenvalue weighted by Gasteiger charge is -2.09. The van der Waals surface area contributed by atoms with Gasteiger partial charge in [0.05, 0.1) is 4.92 Å². The molecule has 126 valence electrons. The third-order valence-electron chi connectivity index (χ3n) is 2.59. The second-order valence-electron chi connectivity index (χ2n) is 4.27. The number of anilines is 1. The predicted molar refractivity (Wildman–Crippen MR) is 85.7 cm³/mol. The van der Waals surface area contributed by atoms with Crippen molar-refractivity contribution < 1.29 is 19.2 Å². The Hall–Kier alpha value is -2.49. The number of amides is 1. The van der Waals surface area contributed by atoms with Gasteiger partial charge in [0.2, 0.25) is 11.8 Å². The fourth-order valence-corrected chi connectivity index (χ4v) is 2.03. The van der Waals surface area contributed by atoms with Gasteiger partial charge in [-0.15, -0.1) is 0 Å². The van der Waals surface area contributed by atoms with Gasteiger partial charge in [-0.25, -0.2) is 4.98 Å². The van der Waals surface area contributed by atoms with Crippen LogP contribution in [0, 0.1) is 10.1 Å². The topological polar surface area (TPSA) is 116 Å². The summed E-state index contributed by atoms with van der Waals surface area (Å²) in [5.74, 6) is -0.311. The summed E-state index contributed by atoms with van der Waals surface area (Å²) in [5, 5.41) is 12.8. The SMILES string of the molecule is COCC(=O)Nc1nccc(Oc2ccc([N+](=O)[O-])c(Cl)c2Cl)n1. The molecule has 1 N–H and O–H groups in total. The molecule has 0 aliphatic rings. The molecule has 9 nitrogen and oxygen atoms in total. The largest absolute Gasteiger partial charge is 0.437 e. The van der Waals surface area contributed by atoms with Crippen LogP contribution in [0.5, 0.6) is 11.6 Å². The zero-order valence-corrected chi connectivity index (χ0v) is 13.7. The Labute approximate surface area is 145 Å². The molecule has 2 aromatic rings. The lowest BCUT2D eigenvalue weighted by Crippen LogP contribution is -2.18. The van der Waals surface area contributed by atoms with Crippen molar-refractivity contribution in [3.05, 3.63) is 44.6 Å². The molecule has 1 amide bonds. The van der Waals surface area contributed by atoms with Crippen LogP contribution in [0.25, 0.3) is 0 Å². The summed E-state index contributed by atoms with van der Waals surface area (Å²) in [4.78, 5) is 29.4. The molecule has 1 aromatic carbocycles. The quantitative estimate of drug-likeness (QED) is 0.611. The number of benzene rings is 1. The van der Waals surface area contributed by atoms with E-state index in [1.807, 2.05) is 0 Å². The van der Waals surface area contributed by atoms with Crippen molar-refractivity contribution >= 4 is 40.7 Å². The second-order valence-corrected chi connectivity index (χ2v) is 5.03. The molecule has 0 aliphatic heterocycles. The first-order valence-corrected chi connectivity index (χ1v) is 7.10. The van der Waals surface area contributed by atoms with Crippen LogP contribution in [0.4, 0.5) is 11.6 Å². The molecule has 11 heteroatoms. The molecule has 2 rings (SSSR count). The third kappa shape index (κ3) is 4.28. The van der Waals surface area contributed by atoms with E-state index in [2.05, 4.69) is 20.0 Å². The first-order valence-electron chi connectivity index (χ1n) is 6.34. The van der Waals surface area contributed by atoms with Crippen LogP contribution >= 0.6 is 23.2 Å². The number of aromatic nitrogens is 2. The number of methoxy groups -OCH3 is 1. The molecule has 0 unspecified atom stereocenters. The highest BCUT2D eigenvalue weighted by Crippen LogP contribution is 2.39. The zero-order chi connectivity index (χ0) is 17.7. The van der Waals surface area contributed by atoms with Gasteiger partial charge in [0.15, 0.2) is 0 Å². The van der Waals surface area contributed by atoms with Crippen LogP contribution in [-0.2, 0) is 9.53 Å². The van der Waals surface area contributed by atoms with E-state index < -0.39 is 10.8 Å². The van der Waals surface area contributed by atoms with E-state index >= 15 is 0 Å². The standard InChI is InChI=1S/C13H10Cl2N4O5/c1-23-6-9(20)17-13-16-5-4-10(18-13)24-8-3-2-7(19(21)22)11(14)12(8)15/h2-5H,6H2,1H3,(H,16,17,18,20). The Morgan fingerprint density at radius 2 is 2.08 bits per heavy atom. The monoisotopic (exact) mass is 372 g/mol. The third-order valence-corrected chi connectivity index (χ3v) is 3.45. The number of carbonyl (C=O) groups is 1. The molecule has 0 radical (unpaired) electrons. The normalized spacial score (nSPS) is 10.3. The van der Waals surface area contributed by atoms with Gasteiger partial charge < -0.3 is 9.47 Å². The molecule has 0 atom stereocenters. The smallest absolute Gasteiger partial charge is 0.289 e. The lowest BCUT2D eigenvalue weighted by molar-refractivity contribution is -0.384. The van der Waals surface area contributed by atoms with Crippen LogP contribution in [0.2, 0.25) is 10.0 Å². The number of ether oxygens (including phenoxy) is 2. The molecule has 24 heavy (non-hydrogen) atoms. The summed E-state index contributed by atoms with van der Waals surface area (Å²) in [6.07, 6.45) is 1.35. The Morgan fingerprint density at radius 1 is 1.33 bits per heavy atom. The van der Waals surface area contributed by atoms with E-state index in [-0.39, 0.29) is 39.9 Å². The van der Waals surface area contributed by atoms with Gasteiger partial charge in [-0.1, -0.05) is 23.2 Å². The number of hydrogen-bond donors (Lipinski definition) is 1. The van der Waals surface area contributed by atoms with E-state index in [1.54, 1.807) is 0 Å². The van der Waals surface area contributed by atoms with Gasteiger partial charge in [0, 0.05) is 25.4 Å². The summed E-state index contributed by atoms with van der Waals surface area (Å²) in [6.45, 7) is -0.155. The first-order chi connectivity index (χ1) is 11.4. The van der Waals surface area contributed by atoms with E-state index in [9.17, 15) is 14.9 Å². The van der Waals surface area contributed by atoms with Gasteiger partial charge in [-0.2, -0.15) is 4.98 Å². The zero-order valence-electron chi connectivity index (χ0n) is 12.2. The summed E-state index contributed by atoms with van der Waals surface area (Å²) in [7, 11) is 1.38. The lowest BCUT2D eigenvalue weighted by atomic mass is 10.3. The van der Waals surface area contributed by atoms with Gasteiger partial charge in [0.1, 0.15) is 22.4 Å². The molecule has 1 heterocycles. The molecule has 0 saturated carbocycles. The van der Waals surface area contributed by atoms with E-state index in [0.717, 1.165) is 6.07 Å². The van der Waals surface area contributed by atoms with Crippen LogP contribution in [0.3, 0.4) is 0 Å². The molecule has 0 bridgehead atoms. The van der Waals surface area contributed by atoms with Crippen molar-refractivity contribution in [3.63, 3.8) is 0 Å². The average molecular weight is 373 g/mol. The minimum absolute atomic E-state index is 0.00122. The molecule has 0 fully saturated rings. The second kappa shape index (κ2) is 7.86. The van der Waals surface area contributed by atoms with Crippen LogP contribution in [0.15, 0.2) is 24.4 Å². The minimum atomic E-state index is -0.661. The number of nitrogens with zero attached hydrogens (tertiary/aromatic N) is 3. The number of rotatable bonds is 6. The van der Waals surface area contributed by atoms with Crippen LogP contribution in [-0.4, -0.2) is 34.5 Å². The van der Waals surface area contributed by atoms with Crippen molar-refractivity contribution in [2.45, 2.75) is 0 Å². The summed E-state index contributed by atoms with van der Waals surface area (Å²) < 4.78 is 10.1. The highest BCUT2D eigenvalue weighted by molar-refractivity contribution is 6.44. The summed E-state index contributed by atoms with van der Waals surface area (Å²) in [5.41, 5.74) is -0.343. The first kappa shape index (κ1) is 17.9. The molecule has 1 aromatic heterocycles. The molecular weight excluding hydrogens is 363 g/mol. The Kier molecular flexibility index (Phi) is 5.85. The number of carbonyl (C=O) groups excluding carboxylic acids is 1. The van der Waals surface area contributed by atoms with E-state index in [4.69, 9.17) is 27.9 Å². The molecule has 0 aliphatic carbocycles. The fourth-order valence-electron chi connectivity index (χ4n) is 1.61. The van der Waals surface area contributed by atoms with Crippen LogP contribution < -0.4 is 10.1 Å². The van der Waals surface area contributed by atoms with Gasteiger partial charge in [0.25, 0.3) is 11.6 Å². The number of nitro groups is 1. The Bertz CT molecular complexity index is 787. The number of halogens is 2. The molecule has 0 spiro atoms. The number of hydrogen-bond acceptors (Lipinski definition) is 7.